The number of rotatable bonds is 18. The minimum absolute atomic E-state index is 0.00410. The van der Waals surface area contributed by atoms with Crippen molar-refractivity contribution in [3.05, 3.63) is 107 Å². The smallest absolute Gasteiger partial charge is 0.330 e. The molecule has 4 N–H and O–H groups in total. The summed E-state index contributed by atoms with van der Waals surface area (Å²) < 4.78 is 37.9. The highest BCUT2D eigenvalue weighted by molar-refractivity contribution is 5.87. The molecule has 0 aliphatic carbocycles. The van der Waals surface area contributed by atoms with Crippen molar-refractivity contribution in [2.75, 3.05) is 41.7 Å². The summed E-state index contributed by atoms with van der Waals surface area (Å²) in [7, 11) is 5.69. The molecule has 0 saturated carbocycles. The number of carbonyl (C=O) groups is 2. The van der Waals surface area contributed by atoms with Crippen LogP contribution < -0.4 is 23.7 Å². The van der Waals surface area contributed by atoms with Crippen LogP contribution in [0.1, 0.15) is 34.8 Å². The van der Waals surface area contributed by atoms with Crippen LogP contribution in [-0.4, -0.2) is 80.1 Å². The number of methoxy groups -OCH3 is 4. The summed E-state index contributed by atoms with van der Waals surface area (Å²) >= 11 is 0. The van der Waals surface area contributed by atoms with E-state index in [9.17, 15) is 30.0 Å². The zero-order valence-corrected chi connectivity index (χ0v) is 29.7. The fourth-order valence-electron chi connectivity index (χ4n) is 5.04. The minimum atomic E-state index is -1.34. The van der Waals surface area contributed by atoms with Crippen LogP contribution in [0, 0.1) is 0 Å². The van der Waals surface area contributed by atoms with Crippen molar-refractivity contribution in [1.29, 1.82) is 0 Å². The summed E-state index contributed by atoms with van der Waals surface area (Å²) in [5.74, 6) is -0.151. The van der Waals surface area contributed by atoms with Crippen molar-refractivity contribution in [3.63, 3.8) is 0 Å². The summed E-state index contributed by atoms with van der Waals surface area (Å²) in [6.07, 6.45) is 4.10. The Morgan fingerprint density at radius 2 is 1.15 bits per heavy atom. The molecule has 4 aromatic rings. The van der Waals surface area contributed by atoms with Gasteiger partial charge < -0.3 is 53.6 Å². The van der Waals surface area contributed by atoms with Crippen molar-refractivity contribution in [1.82, 2.24) is 0 Å². The van der Waals surface area contributed by atoms with Gasteiger partial charge in [-0.3, -0.25) is 0 Å². The Balaban J connectivity index is 1.41. The number of hydrogen-bond donors (Lipinski definition) is 4. The largest absolute Gasteiger partial charge is 0.504 e. The number of phenols is 3. The number of aryl methyl sites for hydroxylation is 1. The van der Waals surface area contributed by atoms with Gasteiger partial charge in [0.2, 0.25) is 0 Å². The summed E-state index contributed by atoms with van der Waals surface area (Å²) in [5, 5.41) is 41.0. The fraction of sp³-hybridized carbons (Fsp3) is 0.250. The number of aliphatic hydroxyl groups is 1. The van der Waals surface area contributed by atoms with Crippen molar-refractivity contribution < 1.29 is 63.2 Å². The van der Waals surface area contributed by atoms with Gasteiger partial charge in [0.25, 0.3) is 0 Å². The molecule has 280 valence electrons. The molecule has 0 unspecified atom stereocenters. The van der Waals surface area contributed by atoms with Gasteiger partial charge in [-0.1, -0.05) is 24.3 Å². The fourth-order valence-corrected chi connectivity index (χ4v) is 5.04. The van der Waals surface area contributed by atoms with Gasteiger partial charge >= 0.3 is 11.9 Å². The van der Waals surface area contributed by atoms with Gasteiger partial charge in [0.1, 0.15) is 12.7 Å². The number of phenolic OH excluding ortho intramolecular Hbond substituents is 3. The highest BCUT2D eigenvalue weighted by Crippen LogP contribution is 2.35. The predicted octanol–water partition coefficient (Wildman–Crippen LogP) is 5.76. The SMILES string of the molecule is COc1cc(C=CC(=O)OCCCc2ccc(O[C@@H](COC(=O)C=Cc3ccc(O)c(OC)c3)[C@H](O)c3ccc(O)c(OC)c3)c(OC)c2)ccc1O. The highest BCUT2D eigenvalue weighted by Gasteiger charge is 2.27. The summed E-state index contributed by atoms with van der Waals surface area (Å²) in [4.78, 5) is 24.9. The van der Waals surface area contributed by atoms with Gasteiger partial charge in [-0.15, -0.1) is 0 Å². The van der Waals surface area contributed by atoms with Crippen LogP contribution >= 0.6 is 0 Å². The van der Waals surface area contributed by atoms with E-state index in [0.717, 1.165) is 5.56 Å². The molecule has 53 heavy (non-hydrogen) atoms. The van der Waals surface area contributed by atoms with Crippen molar-refractivity contribution >= 4 is 24.1 Å². The molecule has 0 fully saturated rings. The van der Waals surface area contributed by atoms with Crippen LogP contribution in [0.25, 0.3) is 12.2 Å². The van der Waals surface area contributed by atoms with Crippen LogP contribution in [0.3, 0.4) is 0 Å². The number of hydrogen-bond acceptors (Lipinski definition) is 13. The van der Waals surface area contributed by atoms with Crippen molar-refractivity contribution in [3.8, 4) is 46.0 Å². The van der Waals surface area contributed by atoms with E-state index >= 15 is 0 Å². The van der Waals surface area contributed by atoms with Crippen LogP contribution in [-0.2, 0) is 25.5 Å². The number of esters is 2. The second kappa shape index (κ2) is 19.3. The molecule has 0 bridgehead atoms. The van der Waals surface area contributed by atoms with Gasteiger partial charge in [0.05, 0.1) is 35.0 Å². The third-order valence-corrected chi connectivity index (χ3v) is 7.88. The van der Waals surface area contributed by atoms with Gasteiger partial charge in [-0.25, -0.2) is 9.59 Å². The molecule has 0 spiro atoms. The Morgan fingerprint density at radius 3 is 1.72 bits per heavy atom. The Labute approximate surface area is 306 Å². The average Bonchev–Trinajstić information content (AvgIpc) is 3.17. The molecule has 0 saturated heterocycles. The number of aliphatic hydroxyl groups excluding tert-OH is 1. The third-order valence-electron chi connectivity index (χ3n) is 7.88. The Hall–Kier alpha value is -6.34. The first kappa shape index (κ1) is 39.4. The topological polar surface area (TPSA) is 180 Å². The molecule has 0 aliphatic rings. The maximum absolute atomic E-state index is 12.7. The highest BCUT2D eigenvalue weighted by atomic mass is 16.6. The first-order chi connectivity index (χ1) is 25.5. The van der Waals surface area contributed by atoms with E-state index in [4.69, 9.17) is 33.2 Å². The van der Waals surface area contributed by atoms with E-state index < -0.39 is 24.1 Å². The second-order valence-electron chi connectivity index (χ2n) is 11.4. The summed E-state index contributed by atoms with van der Waals surface area (Å²) in [6, 6.07) is 18.8. The van der Waals surface area contributed by atoms with Gasteiger partial charge in [0, 0.05) is 12.2 Å². The lowest BCUT2D eigenvalue weighted by Crippen LogP contribution is -2.31. The molecule has 0 amide bonds. The number of ether oxygens (including phenoxy) is 7. The lowest BCUT2D eigenvalue weighted by molar-refractivity contribution is -0.142. The predicted molar refractivity (Wildman–Crippen MR) is 195 cm³/mol. The van der Waals surface area contributed by atoms with Gasteiger partial charge in [-0.05, 0) is 95.8 Å². The molecule has 4 rings (SSSR count). The lowest BCUT2D eigenvalue weighted by atomic mass is 10.0. The molecule has 0 radical (unpaired) electrons. The van der Waals surface area contributed by atoms with Crippen molar-refractivity contribution in [2.24, 2.45) is 0 Å². The number of benzene rings is 4. The van der Waals surface area contributed by atoms with E-state index in [0.29, 0.717) is 35.3 Å². The Kier molecular flexibility index (Phi) is 14.4. The number of carbonyl (C=O) groups excluding carboxylic acids is 2. The summed E-state index contributed by atoms with van der Waals surface area (Å²) in [5.41, 5.74) is 2.42. The number of aromatic hydroxyl groups is 3. The molecule has 13 nitrogen and oxygen atoms in total. The Bertz CT molecular complexity index is 1920. The van der Waals surface area contributed by atoms with E-state index in [2.05, 4.69) is 0 Å². The second-order valence-corrected chi connectivity index (χ2v) is 11.4. The minimum Gasteiger partial charge on any atom is -0.504 e. The van der Waals surface area contributed by atoms with E-state index in [1.54, 1.807) is 48.5 Å². The van der Waals surface area contributed by atoms with E-state index in [-0.39, 0.29) is 53.5 Å². The monoisotopic (exact) mass is 730 g/mol. The average molecular weight is 731 g/mol. The standard InChI is InChI=1S/C40H42O13/c1-47-33-20-26(7-13-29(33)41)10-17-38(44)51-19-5-6-25-9-16-32(36(22-25)50-4)53-37(40(46)28-12-15-31(43)35(23-28)49-3)24-52-39(45)18-11-27-8-14-30(42)34(21-27)48-2/h7-18,20-23,37,40-43,46H,5-6,19,24H2,1-4H3/t37-,40+/m0/s1. The van der Waals surface area contributed by atoms with E-state index in [1.807, 2.05) is 0 Å². The van der Waals surface area contributed by atoms with Crippen molar-refractivity contribution in [2.45, 2.75) is 25.0 Å². The molecular formula is C40H42O13. The lowest BCUT2D eigenvalue weighted by Gasteiger charge is -2.25. The first-order valence-electron chi connectivity index (χ1n) is 16.4. The quantitative estimate of drug-likeness (QED) is 0.0552. The molecule has 4 aromatic carbocycles. The van der Waals surface area contributed by atoms with Gasteiger partial charge in [-0.2, -0.15) is 0 Å². The maximum Gasteiger partial charge on any atom is 0.330 e. The normalized spacial score (nSPS) is 12.2. The van der Waals surface area contributed by atoms with Gasteiger partial charge in [0.15, 0.2) is 52.1 Å². The van der Waals surface area contributed by atoms with E-state index in [1.165, 1.54) is 77.0 Å². The summed E-state index contributed by atoms with van der Waals surface area (Å²) in [6.45, 7) is -0.218. The molecule has 2 atom stereocenters. The third kappa shape index (κ3) is 11.3. The first-order valence-corrected chi connectivity index (χ1v) is 16.4. The van der Waals surface area contributed by atoms with Crippen LogP contribution in [0.15, 0.2) is 84.9 Å². The van der Waals surface area contributed by atoms with Crippen LogP contribution in [0.4, 0.5) is 0 Å². The molecule has 13 heteroatoms. The molecule has 0 aliphatic heterocycles. The maximum atomic E-state index is 12.7. The zero-order valence-electron chi connectivity index (χ0n) is 29.7. The van der Waals surface area contributed by atoms with Crippen LogP contribution in [0.5, 0.6) is 46.0 Å². The zero-order chi connectivity index (χ0) is 38.3. The molecular weight excluding hydrogens is 688 g/mol. The van der Waals surface area contributed by atoms with Crippen LogP contribution in [0.2, 0.25) is 0 Å². The molecule has 0 aromatic heterocycles. The molecule has 0 heterocycles. The Morgan fingerprint density at radius 1 is 0.623 bits per heavy atom.